The van der Waals surface area contributed by atoms with Gasteiger partial charge in [0.2, 0.25) is 5.91 Å². The minimum atomic E-state index is -0.970. The second-order valence-electron chi connectivity index (χ2n) is 8.06. The molecule has 168 valence electrons. The summed E-state index contributed by atoms with van der Waals surface area (Å²) in [6.45, 7) is 1.94. The molecule has 2 aliphatic rings. The van der Waals surface area contributed by atoms with Crippen molar-refractivity contribution in [2.75, 3.05) is 17.1 Å². The lowest BCUT2D eigenvalue weighted by Crippen LogP contribution is -2.37. The summed E-state index contributed by atoms with van der Waals surface area (Å²) in [5, 5.41) is 11.9. The summed E-state index contributed by atoms with van der Waals surface area (Å²) in [7, 11) is 1.46. The number of imide groups is 1. The lowest BCUT2D eigenvalue weighted by molar-refractivity contribution is -0.126. The molecule has 5 rings (SSSR count). The van der Waals surface area contributed by atoms with Crippen molar-refractivity contribution in [3.63, 3.8) is 0 Å². The van der Waals surface area contributed by atoms with Gasteiger partial charge in [0.15, 0.2) is 17.6 Å². The number of hydrogen-bond acceptors (Lipinski definition) is 6. The molecule has 2 aliphatic heterocycles. The smallest absolute Gasteiger partial charge is 0.266 e. The molecule has 0 aliphatic carbocycles. The number of phenols is 1. The molecule has 2 saturated heterocycles. The lowest BCUT2D eigenvalue weighted by atomic mass is 9.90. The molecule has 2 fully saturated rings. The van der Waals surface area contributed by atoms with Crippen molar-refractivity contribution < 1.29 is 24.3 Å². The third-order valence-electron chi connectivity index (χ3n) is 6.03. The number of aryl methyl sites for hydroxylation is 1. The van der Waals surface area contributed by atoms with E-state index in [-0.39, 0.29) is 17.4 Å². The molecule has 8 heteroatoms. The molecule has 33 heavy (non-hydrogen) atoms. The molecule has 0 radical (unpaired) electrons. The van der Waals surface area contributed by atoms with Gasteiger partial charge >= 0.3 is 0 Å². The molecule has 3 aromatic rings. The predicted octanol–water partition coefficient (Wildman–Crippen LogP) is 4.52. The van der Waals surface area contributed by atoms with Crippen LogP contribution in [0.15, 0.2) is 71.2 Å². The number of para-hydroxylation sites is 1. The number of ether oxygens (including phenoxy) is 1. The number of amides is 2. The number of benzene rings is 3. The average Bonchev–Trinajstić information content (AvgIpc) is 3.33. The molecular weight excluding hydrogens is 488 g/mol. The van der Waals surface area contributed by atoms with E-state index in [0.29, 0.717) is 21.4 Å². The van der Waals surface area contributed by atoms with E-state index in [1.54, 1.807) is 29.3 Å². The van der Waals surface area contributed by atoms with Crippen molar-refractivity contribution in [2.45, 2.75) is 19.1 Å². The van der Waals surface area contributed by atoms with Crippen LogP contribution in [0.2, 0.25) is 0 Å². The number of fused-ring (bicyclic) bond motifs is 1. The molecule has 3 aromatic carbocycles. The second kappa shape index (κ2) is 8.20. The molecule has 0 unspecified atom stereocenters. The number of hydroxylamine groups is 1. The normalized spacial score (nSPS) is 22.1. The number of anilines is 2. The van der Waals surface area contributed by atoms with E-state index in [0.717, 1.165) is 5.56 Å². The second-order valence-corrected chi connectivity index (χ2v) is 8.91. The van der Waals surface area contributed by atoms with Crippen molar-refractivity contribution in [2.24, 2.45) is 5.92 Å². The van der Waals surface area contributed by atoms with E-state index in [9.17, 15) is 14.7 Å². The maximum Gasteiger partial charge on any atom is 0.266 e. The van der Waals surface area contributed by atoms with Crippen molar-refractivity contribution in [1.29, 1.82) is 0 Å². The maximum atomic E-state index is 13.7. The summed E-state index contributed by atoms with van der Waals surface area (Å²) >= 11 is 3.36. The number of nitrogens with zero attached hydrogens (tertiary/aromatic N) is 2. The van der Waals surface area contributed by atoms with Crippen LogP contribution in [0.25, 0.3) is 0 Å². The Morgan fingerprint density at radius 1 is 0.970 bits per heavy atom. The predicted molar refractivity (Wildman–Crippen MR) is 126 cm³/mol. The molecule has 0 aromatic heterocycles. The summed E-state index contributed by atoms with van der Waals surface area (Å²) in [6.07, 6.45) is -0.970. The summed E-state index contributed by atoms with van der Waals surface area (Å²) in [6, 6.07) is 19.3. The zero-order valence-corrected chi connectivity index (χ0v) is 19.5. The van der Waals surface area contributed by atoms with Gasteiger partial charge in [0, 0.05) is 0 Å². The fraction of sp³-hybridized carbons (Fsp3) is 0.200. The van der Waals surface area contributed by atoms with Gasteiger partial charge in [-0.05, 0) is 64.8 Å². The zero-order chi connectivity index (χ0) is 23.3. The highest BCUT2D eigenvalue weighted by molar-refractivity contribution is 9.10. The summed E-state index contributed by atoms with van der Waals surface area (Å²) in [5.41, 5.74) is 2.92. The minimum Gasteiger partial charge on any atom is -0.503 e. The molecular formula is C25H21BrN2O5. The Morgan fingerprint density at radius 3 is 2.33 bits per heavy atom. The Morgan fingerprint density at radius 2 is 1.67 bits per heavy atom. The van der Waals surface area contributed by atoms with Gasteiger partial charge in [-0.25, -0.2) is 9.96 Å². The summed E-state index contributed by atoms with van der Waals surface area (Å²) in [5.74, 6) is -1.30. The van der Waals surface area contributed by atoms with Gasteiger partial charge in [-0.3, -0.25) is 14.4 Å². The molecule has 2 amide bonds. The quantitative estimate of drug-likeness (QED) is 0.521. The Hall–Kier alpha value is -3.36. The van der Waals surface area contributed by atoms with Gasteiger partial charge in [-0.1, -0.05) is 35.9 Å². The van der Waals surface area contributed by atoms with Crippen molar-refractivity contribution in [1.82, 2.24) is 0 Å². The van der Waals surface area contributed by atoms with Crippen LogP contribution in [0.1, 0.15) is 17.2 Å². The number of methoxy groups -OCH3 is 1. The van der Waals surface area contributed by atoms with E-state index in [4.69, 9.17) is 9.57 Å². The van der Waals surface area contributed by atoms with E-state index in [2.05, 4.69) is 15.9 Å². The van der Waals surface area contributed by atoms with Crippen LogP contribution in [-0.2, 0) is 14.4 Å². The Kier molecular flexibility index (Phi) is 5.34. The number of hydrogen-bond donors (Lipinski definition) is 1. The summed E-state index contributed by atoms with van der Waals surface area (Å²) in [4.78, 5) is 34.4. The third-order valence-corrected chi connectivity index (χ3v) is 6.63. The topological polar surface area (TPSA) is 79.3 Å². The number of halogens is 1. The standard InChI is InChI=1S/C25H21BrN2O5/c1-14-8-10-16(11-9-14)27-24(30)20-21(15-12-18(26)22(29)19(13-15)32-2)28(33-23(20)25(27)31)17-6-4-3-5-7-17/h3-13,20-21,23,29H,1-2H3/t20-,21-,23-/m0/s1. The highest BCUT2D eigenvalue weighted by Gasteiger charge is 2.60. The molecule has 0 spiro atoms. The van der Waals surface area contributed by atoms with Crippen molar-refractivity contribution >= 4 is 39.1 Å². The third kappa shape index (κ3) is 3.46. The van der Waals surface area contributed by atoms with Gasteiger partial charge < -0.3 is 9.84 Å². The van der Waals surface area contributed by atoms with E-state index < -0.39 is 24.0 Å². The first-order chi connectivity index (χ1) is 15.9. The largest absolute Gasteiger partial charge is 0.503 e. The highest BCUT2D eigenvalue weighted by Crippen LogP contribution is 2.49. The number of carbonyl (C=O) groups excluding carboxylic acids is 2. The first-order valence-electron chi connectivity index (χ1n) is 10.4. The monoisotopic (exact) mass is 508 g/mol. The molecule has 0 saturated carbocycles. The van der Waals surface area contributed by atoms with Gasteiger partial charge in [0.25, 0.3) is 5.91 Å². The molecule has 0 bridgehead atoms. The highest BCUT2D eigenvalue weighted by atomic mass is 79.9. The first-order valence-corrected chi connectivity index (χ1v) is 11.2. The van der Waals surface area contributed by atoms with Crippen LogP contribution in [0.4, 0.5) is 11.4 Å². The van der Waals surface area contributed by atoms with Crippen LogP contribution in [0.3, 0.4) is 0 Å². The van der Waals surface area contributed by atoms with Crippen LogP contribution in [0, 0.1) is 12.8 Å². The van der Waals surface area contributed by atoms with Crippen molar-refractivity contribution in [3.05, 3.63) is 82.3 Å². The summed E-state index contributed by atoms with van der Waals surface area (Å²) < 4.78 is 5.74. The molecule has 1 N–H and O–H groups in total. The van der Waals surface area contributed by atoms with Gasteiger partial charge in [0.1, 0.15) is 5.92 Å². The SMILES string of the molecule is COc1cc([C@H]2[C@@H]3C(=O)N(c4ccc(C)cc4)C(=O)[C@H]3ON2c2ccccc2)cc(Br)c1O. The van der Waals surface area contributed by atoms with Gasteiger partial charge in [-0.15, -0.1) is 0 Å². The fourth-order valence-corrected chi connectivity index (χ4v) is 4.88. The first kappa shape index (κ1) is 21.5. The number of rotatable bonds is 4. The van der Waals surface area contributed by atoms with E-state index >= 15 is 0 Å². The van der Waals surface area contributed by atoms with E-state index in [1.165, 1.54) is 12.0 Å². The average molecular weight is 509 g/mol. The Bertz CT molecular complexity index is 1230. The molecule has 2 heterocycles. The van der Waals surface area contributed by atoms with Crippen LogP contribution < -0.4 is 14.7 Å². The Labute approximate surface area is 199 Å². The van der Waals surface area contributed by atoms with Crippen LogP contribution in [0.5, 0.6) is 11.5 Å². The molecule has 3 atom stereocenters. The van der Waals surface area contributed by atoms with Gasteiger partial charge in [-0.2, -0.15) is 0 Å². The number of aromatic hydroxyl groups is 1. The van der Waals surface area contributed by atoms with Crippen LogP contribution in [-0.4, -0.2) is 30.1 Å². The molecule has 7 nitrogen and oxygen atoms in total. The fourth-order valence-electron chi connectivity index (χ4n) is 4.42. The maximum absolute atomic E-state index is 13.7. The van der Waals surface area contributed by atoms with Crippen molar-refractivity contribution in [3.8, 4) is 11.5 Å². The number of phenolic OH excluding ortho intramolecular Hbond substituents is 1. The zero-order valence-electron chi connectivity index (χ0n) is 17.9. The van der Waals surface area contributed by atoms with Gasteiger partial charge in [0.05, 0.1) is 29.0 Å². The number of carbonyl (C=O) groups is 2. The lowest BCUT2D eigenvalue weighted by Gasteiger charge is -2.29. The van der Waals surface area contributed by atoms with E-state index in [1.807, 2.05) is 49.4 Å². The Balaban J connectivity index is 1.62. The van der Waals surface area contributed by atoms with Crippen LogP contribution >= 0.6 is 15.9 Å². The minimum absolute atomic E-state index is 0.0434.